The lowest BCUT2D eigenvalue weighted by Gasteiger charge is -2.16. The third kappa shape index (κ3) is 3.95. The maximum atomic E-state index is 12.5. The summed E-state index contributed by atoms with van der Waals surface area (Å²) in [7, 11) is 1.53. The van der Waals surface area contributed by atoms with E-state index in [9.17, 15) is 4.79 Å². The van der Waals surface area contributed by atoms with Gasteiger partial charge >= 0.3 is 6.01 Å². The number of anilines is 1. The molecule has 8 heteroatoms. The zero-order chi connectivity index (χ0) is 19.3. The van der Waals surface area contributed by atoms with E-state index in [0.29, 0.717) is 17.3 Å². The van der Waals surface area contributed by atoms with Gasteiger partial charge in [-0.15, -0.1) is 0 Å². The van der Waals surface area contributed by atoms with Gasteiger partial charge in [0.2, 0.25) is 5.95 Å². The van der Waals surface area contributed by atoms with Gasteiger partial charge in [-0.05, 0) is 49.2 Å². The Morgan fingerprint density at radius 2 is 1.79 bits per heavy atom. The predicted molar refractivity (Wildman–Crippen MR) is 105 cm³/mol. The van der Waals surface area contributed by atoms with E-state index in [-0.39, 0.29) is 18.5 Å². The number of rotatable bonds is 6. The zero-order valence-electron chi connectivity index (χ0n) is 15.7. The topological polar surface area (TPSA) is 85.2 Å². The van der Waals surface area contributed by atoms with Crippen molar-refractivity contribution in [3.8, 4) is 11.7 Å². The van der Waals surface area contributed by atoms with E-state index in [1.165, 1.54) is 7.11 Å². The summed E-state index contributed by atoms with van der Waals surface area (Å²) in [6, 6.07) is 11.6. The number of hydrogen-bond acceptors (Lipinski definition) is 6. The van der Waals surface area contributed by atoms with Crippen LogP contribution in [0.25, 0.3) is 5.69 Å². The summed E-state index contributed by atoms with van der Waals surface area (Å²) in [6.45, 7) is 2.05. The molecule has 0 saturated carbocycles. The molecule has 1 N–H and O–H groups in total. The van der Waals surface area contributed by atoms with Crippen LogP contribution >= 0.6 is 0 Å². The van der Waals surface area contributed by atoms with E-state index in [1.54, 1.807) is 12.1 Å². The summed E-state index contributed by atoms with van der Waals surface area (Å²) >= 11 is 0. The third-order valence-electron chi connectivity index (χ3n) is 4.66. The van der Waals surface area contributed by atoms with Crippen LogP contribution in [0.2, 0.25) is 0 Å². The van der Waals surface area contributed by atoms with E-state index in [0.717, 1.165) is 31.6 Å². The number of amides is 1. The van der Waals surface area contributed by atoms with Crippen molar-refractivity contribution < 1.29 is 9.53 Å². The molecular weight excluding hydrogens is 356 g/mol. The Morgan fingerprint density at radius 3 is 2.46 bits per heavy atom. The first-order chi connectivity index (χ1) is 13.7. The van der Waals surface area contributed by atoms with Gasteiger partial charge in [-0.2, -0.15) is 15.0 Å². The maximum Gasteiger partial charge on any atom is 0.321 e. The van der Waals surface area contributed by atoms with Gasteiger partial charge in [0.05, 0.1) is 13.7 Å². The monoisotopic (exact) mass is 378 g/mol. The minimum Gasteiger partial charge on any atom is -0.467 e. The number of nitrogens with zero attached hydrogens (tertiary/aromatic N) is 5. The Labute approximate surface area is 163 Å². The second-order valence-corrected chi connectivity index (χ2v) is 6.55. The van der Waals surface area contributed by atoms with Crippen LogP contribution in [-0.2, 0) is 6.54 Å². The average molecular weight is 378 g/mol. The van der Waals surface area contributed by atoms with Gasteiger partial charge in [-0.1, -0.05) is 0 Å². The summed E-state index contributed by atoms with van der Waals surface area (Å²) in [5.74, 6) is 0.900. The molecule has 3 aromatic rings. The lowest BCUT2D eigenvalue weighted by Crippen LogP contribution is -2.26. The number of ether oxygens (including phenoxy) is 1. The van der Waals surface area contributed by atoms with Crippen LogP contribution in [-0.4, -0.2) is 45.6 Å². The molecule has 1 fully saturated rings. The molecule has 1 saturated heterocycles. The molecule has 0 spiro atoms. The Balaban J connectivity index is 1.43. The Kier molecular flexibility index (Phi) is 5.18. The van der Waals surface area contributed by atoms with Crippen LogP contribution < -0.4 is 15.0 Å². The molecule has 28 heavy (non-hydrogen) atoms. The number of aromatic nitrogens is 4. The SMILES string of the molecule is COc1nc(CNC(=O)c2ccc(-n3cccc3)cc2)nc(N2CCCC2)n1. The molecule has 1 aliphatic rings. The van der Waals surface area contributed by atoms with E-state index >= 15 is 0 Å². The van der Waals surface area contributed by atoms with E-state index in [2.05, 4.69) is 25.2 Å². The van der Waals surface area contributed by atoms with Crippen molar-refractivity contribution in [3.63, 3.8) is 0 Å². The smallest absolute Gasteiger partial charge is 0.321 e. The molecule has 1 aromatic carbocycles. The van der Waals surface area contributed by atoms with Crippen LogP contribution in [0, 0.1) is 0 Å². The van der Waals surface area contributed by atoms with Crippen molar-refractivity contribution in [2.45, 2.75) is 19.4 Å². The molecular formula is C20H22N6O2. The van der Waals surface area contributed by atoms with Crippen LogP contribution in [0.15, 0.2) is 48.8 Å². The van der Waals surface area contributed by atoms with Gasteiger partial charge < -0.3 is 19.5 Å². The molecule has 0 atom stereocenters. The first-order valence-electron chi connectivity index (χ1n) is 9.28. The number of methoxy groups -OCH3 is 1. The van der Waals surface area contributed by atoms with Crippen molar-refractivity contribution in [1.29, 1.82) is 0 Å². The number of carbonyl (C=O) groups is 1. The predicted octanol–water partition coefficient (Wildman–Crippen LogP) is 2.20. The fourth-order valence-electron chi connectivity index (χ4n) is 3.17. The number of benzene rings is 1. The lowest BCUT2D eigenvalue weighted by atomic mass is 10.2. The summed E-state index contributed by atoms with van der Waals surface area (Å²) < 4.78 is 7.18. The first-order valence-corrected chi connectivity index (χ1v) is 9.28. The summed E-state index contributed by atoms with van der Waals surface area (Å²) in [6.07, 6.45) is 6.17. The number of nitrogens with one attached hydrogen (secondary N) is 1. The molecule has 8 nitrogen and oxygen atoms in total. The summed E-state index contributed by atoms with van der Waals surface area (Å²) in [4.78, 5) is 27.6. The molecule has 0 aliphatic carbocycles. The van der Waals surface area contributed by atoms with Crippen molar-refractivity contribution in [1.82, 2.24) is 24.8 Å². The molecule has 3 heterocycles. The van der Waals surface area contributed by atoms with Crippen LogP contribution in [0.3, 0.4) is 0 Å². The van der Waals surface area contributed by atoms with Crippen molar-refractivity contribution >= 4 is 11.9 Å². The second kappa shape index (κ2) is 8.08. The van der Waals surface area contributed by atoms with Crippen molar-refractivity contribution in [2.75, 3.05) is 25.1 Å². The van der Waals surface area contributed by atoms with Gasteiger partial charge in [0.15, 0.2) is 5.82 Å². The quantitative estimate of drug-likeness (QED) is 0.708. The number of carbonyl (C=O) groups excluding carboxylic acids is 1. The van der Waals surface area contributed by atoms with Gasteiger partial charge in [0, 0.05) is 36.7 Å². The largest absolute Gasteiger partial charge is 0.467 e. The highest BCUT2D eigenvalue weighted by Crippen LogP contribution is 2.18. The highest BCUT2D eigenvalue weighted by Gasteiger charge is 2.18. The highest BCUT2D eigenvalue weighted by molar-refractivity contribution is 5.94. The fraction of sp³-hybridized carbons (Fsp3) is 0.300. The van der Waals surface area contributed by atoms with Crippen LogP contribution in [0.5, 0.6) is 6.01 Å². The minimum atomic E-state index is -0.179. The van der Waals surface area contributed by atoms with Gasteiger partial charge in [0.1, 0.15) is 0 Å². The Hall–Kier alpha value is -3.42. The zero-order valence-corrected chi connectivity index (χ0v) is 15.7. The molecule has 0 radical (unpaired) electrons. The lowest BCUT2D eigenvalue weighted by molar-refractivity contribution is 0.0949. The average Bonchev–Trinajstić information content (AvgIpc) is 3.46. The van der Waals surface area contributed by atoms with Gasteiger partial charge in [-0.25, -0.2) is 0 Å². The van der Waals surface area contributed by atoms with Gasteiger partial charge in [-0.3, -0.25) is 4.79 Å². The molecule has 144 valence electrons. The van der Waals surface area contributed by atoms with Crippen molar-refractivity contribution in [2.24, 2.45) is 0 Å². The highest BCUT2D eigenvalue weighted by atomic mass is 16.5. The van der Waals surface area contributed by atoms with Crippen LogP contribution in [0.1, 0.15) is 29.0 Å². The standard InChI is InChI=1S/C20H22N6O2/c1-28-20-23-17(22-19(24-20)26-12-4-5-13-26)14-21-18(27)15-6-8-16(9-7-15)25-10-2-3-11-25/h2-3,6-11H,4-5,12-14H2,1H3,(H,21,27). The van der Waals surface area contributed by atoms with Gasteiger partial charge in [0.25, 0.3) is 5.91 Å². The molecule has 0 bridgehead atoms. The van der Waals surface area contributed by atoms with Crippen molar-refractivity contribution in [3.05, 3.63) is 60.2 Å². The molecule has 2 aromatic heterocycles. The van der Waals surface area contributed by atoms with E-state index in [4.69, 9.17) is 4.74 Å². The summed E-state index contributed by atoms with van der Waals surface area (Å²) in [5.41, 5.74) is 1.58. The third-order valence-corrected chi connectivity index (χ3v) is 4.66. The number of hydrogen-bond donors (Lipinski definition) is 1. The Morgan fingerprint density at radius 1 is 1.07 bits per heavy atom. The normalized spacial score (nSPS) is 13.5. The molecule has 0 unspecified atom stereocenters. The van der Waals surface area contributed by atoms with E-state index < -0.39 is 0 Å². The minimum absolute atomic E-state index is 0.179. The van der Waals surface area contributed by atoms with Crippen LogP contribution in [0.4, 0.5) is 5.95 Å². The maximum absolute atomic E-state index is 12.5. The second-order valence-electron chi connectivity index (χ2n) is 6.55. The van der Waals surface area contributed by atoms with E-state index in [1.807, 2.05) is 41.2 Å². The summed E-state index contributed by atoms with van der Waals surface area (Å²) in [5, 5.41) is 2.87. The fourth-order valence-corrected chi connectivity index (χ4v) is 3.17. The molecule has 4 rings (SSSR count). The Bertz CT molecular complexity index is 934. The molecule has 1 aliphatic heterocycles. The first kappa shape index (κ1) is 18.0. The molecule has 1 amide bonds.